The summed E-state index contributed by atoms with van der Waals surface area (Å²) >= 11 is 0. The molecule has 9 nitrogen and oxygen atoms in total. The number of benzene rings is 1. The van der Waals surface area contributed by atoms with Gasteiger partial charge in [-0.25, -0.2) is 4.99 Å². The predicted octanol–water partition coefficient (Wildman–Crippen LogP) is -0.0876. The molecule has 1 saturated heterocycles. The molecule has 0 unspecified atom stereocenters. The van der Waals surface area contributed by atoms with Crippen LogP contribution >= 0.6 is 0 Å². The zero-order valence-corrected chi connectivity index (χ0v) is 17.6. The van der Waals surface area contributed by atoms with E-state index >= 15 is 0 Å². The summed E-state index contributed by atoms with van der Waals surface area (Å²) in [6, 6.07) is 7.91. The first-order valence-electron chi connectivity index (χ1n) is 10.6. The molecule has 1 heterocycles. The van der Waals surface area contributed by atoms with E-state index < -0.39 is 5.91 Å². The van der Waals surface area contributed by atoms with Crippen LogP contribution in [0.4, 0.5) is 0 Å². The van der Waals surface area contributed by atoms with E-state index in [1.807, 2.05) is 25.1 Å². The fraction of sp³-hybridized carbons (Fsp3) is 0.571. The molecular weight excluding hydrogens is 384 g/mol. The number of carbonyl (C=O) groups is 2. The average Bonchev–Trinajstić information content (AvgIpc) is 3.54. The molecule has 164 valence electrons. The molecule has 0 radical (unpaired) electrons. The van der Waals surface area contributed by atoms with Gasteiger partial charge in [-0.05, 0) is 37.5 Å². The number of nitrogens with one attached hydrogen (secondary N) is 2. The summed E-state index contributed by atoms with van der Waals surface area (Å²) in [6.45, 7) is 6.97. The smallest absolute Gasteiger partial charge is 0.255 e. The molecular formula is C21H32N6O3. The van der Waals surface area contributed by atoms with Crippen LogP contribution in [-0.4, -0.2) is 79.5 Å². The highest BCUT2D eigenvalue weighted by atomic mass is 16.5. The van der Waals surface area contributed by atoms with Crippen LogP contribution in [0.1, 0.15) is 25.3 Å². The molecule has 0 bridgehead atoms. The van der Waals surface area contributed by atoms with Crippen molar-refractivity contribution in [2.75, 3.05) is 45.9 Å². The normalized spacial score (nSPS) is 17.5. The molecule has 2 amide bonds. The number of nitrogens with two attached hydrogens (primary N) is 1. The predicted molar refractivity (Wildman–Crippen MR) is 115 cm³/mol. The molecule has 0 atom stereocenters. The van der Waals surface area contributed by atoms with E-state index in [0.717, 1.165) is 57.1 Å². The number of aliphatic imine (C=N–C) groups is 1. The third kappa shape index (κ3) is 7.22. The van der Waals surface area contributed by atoms with Crippen LogP contribution in [0.25, 0.3) is 0 Å². The summed E-state index contributed by atoms with van der Waals surface area (Å²) in [4.78, 5) is 32.1. The molecule has 1 aromatic rings. The number of ether oxygens (including phenoxy) is 1. The Morgan fingerprint density at radius 2 is 2.00 bits per heavy atom. The number of carbonyl (C=O) groups excluding carboxylic acids is 2. The fourth-order valence-electron chi connectivity index (χ4n) is 3.30. The number of piperazine rings is 1. The lowest BCUT2D eigenvalue weighted by molar-refractivity contribution is -0.122. The Morgan fingerprint density at radius 3 is 2.67 bits per heavy atom. The number of hydrogen-bond donors (Lipinski definition) is 3. The van der Waals surface area contributed by atoms with Crippen molar-refractivity contribution in [1.29, 1.82) is 0 Å². The first-order chi connectivity index (χ1) is 14.5. The molecule has 0 aromatic heterocycles. The lowest BCUT2D eigenvalue weighted by Crippen LogP contribution is -2.54. The van der Waals surface area contributed by atoms with Crippen molar-refractivity contribution in [3.8, 4) is 5.75 Å². The third-order valence-corrected chi connectivity index (χ3v) is 5.01. The zero-order chi connectivity index (χ0) is 21.3. The second-order valence-corrected chi connectivity index (χ2v) is 7.68. The minimum absolute atomic E-state index is 0.130. The minimum Gasteiger partial charge on any atom is -0.484 e. The Bertz CT molecular complexity index is 757. The topological polar surface area (TPSA) is 112 Å². The van der Waals surface area contributed by atoms with Gasteiger partial charge < -0.3 is 26.0 Å². The Morgan fingerprint density at radius 1 is 1.23 bits per heavy atom. The zero-order valence-electron chi connectivity index (χ0n) is 17.6. The number of primary amides is 1. The van der Waals surface area contributed by atoms with Crippen LogP contribution in [0.15, 0.2) is 29.3 Å². The standard InChI is InChI=1S/C21H32N6O3/c1-2-23-21(24-13-16-4-3-5-18(12-16)30-15-19(22)28)27-10-8-26(9-11-27)14-20(29)25-17-6-7-17/h3-5,12,17H,2,6-11,13-15H2,1H3,(H2,22,28)(H,23,24)(H,25,29). The van der Waals surface area contributed by atoms with Crippen LogP contribution in [0.3, 0.4) is 0 Å². The van der Waals surface area contributed by atoms with Crippen LogP contribution in [-0.2, 0) is 16.1 Å². The van der Waals surface area contributed by atoms with E-state index in [1.54, 1.807) is 6.07 Å². The molecule has 30 heavy (non-hydrogen) atoms. The van der Waals surface area contributed by atoms with Crippen LogP contribution in [0.5, 0.6) is 5.75 Å². The molecule has 1 aliphatic heterocycles. The molecule has 2 aliphatic rings. The van der Waals surface area contributed by atoms with Gasteiger partial charge in [0.05, 0.1) is 13.1 Å². The summed E-state index contributed by atoms with van der Waals surface area (Å²) in [5, 5.41) is 6.40. The Hall–Kier alpha value is -2.81. The van der Waals surface area contributed by atoms with Crippen molar-refractivity contribution in [1.82, 2.24) is 20.4 Å². The molecule has 1 aliphatic carbocycles. The molecule has 1 aromatic carbocycles. The van der Waals surface area contributed by atoms with E-state index in [2.05, 4.69) is 20.4 Å². The Balaban J connectivity index is 1.51. The first-order valence-corrected chi connectivity index (χ1v) is 10.6. The van der Waals surface area contributed by atoms with Gasteiger partial charge in [0.25, 0.3) is 5.91 Å². The van der Waals surface area contributed by atoms with Crippen molar-refractivity contribution in [2.24, 2.45) is 10.7 Å². The maximum atomic E-state index is 12.0. The molecule has 1 saturated carbocycles. The Kier molecular flexibility index (Phi) is 7.89. The minimum atomic E-state index is -0.503. The third-order valence-electron chi connectivity index (χ3n) is 5.01. The molecule has 3 rings (SSSR count). The molecule has 2 fully saturated rings. The number of amides is 2. The van der Waals surface area contributed by atoms with Gasteiger partial charge in [-0.2, -0.15) is 0 Å². The van der Waals surface area contributed by atoms with Gasteiger partial charge in [-0.1, -0.05) is 12.1 Å². The maximum absolute atomic E-state index is 12.0. The largest absolute Gasteiger partial charge is 0.484 e. The van der Waals surface area contributed by atoms with E-state index in [4.69, 9.17) is 15.5 Å². The second-order valence-electron chi connectivity index (χ2n) is 7.68. The van der Waals surface area contributed by atoms with E-state index in [9.17, 15) is 9.59 Å². The van der Waals surface area contributed by atoms with E-state index in [0.29, 0.717) is 24.9 Å². The maximum Gasteiger partial charge on any atom is 0.255 e. The average molecular weight is 417 g/mol. The summed E-state index contributed by atoms with van der Waals surface area (Å²) in [7, 11) is 0. The van der Waals surface area contributed by atoms with Crippen LogP contribution in [0, 0.1) is 0 Å². The number of nitrogens with zero attached hydrogens (tertiary/aromatic N) is 3. The van der Waals surface area contributed by atoms with Crippen molar-refractivity contribution in [2.45, 2.75) is 32.4 Å². The van der Waals surface area contributed by atoms with Gasteiger partial charge in [0.15, 0.2) is 12.6 Å². The lowest BCUT2D eigenvalue weighted by Gasteiger charge is -2.36. The highest BCUT2D eigenvalue weighted by molar-refractivity contribution is 5.80. The van der Waals surface area contributed by atoms with Gasteiger partial charge in [-0.3, -0.25) is 14.5 Å². The van der Waals surface area contributed by atoms with Gasteiger partial charge in [0.2, 0.25) is 5.91 Å². The second kappa shape index (κ2) is 10.8. The summed E-state index contributed by atoms with van der Waals surface area (Å²) < 4.78 is 5.36. The first kappa shape index (κ1) is 21.9. The van der Waals surface area contributed by atoms with Gasteiger partial charge in [0, 0.05) is 38.8 Å². The highest BCUT2D eigenvalue weighted by Gasteiger charge is 2.25. The van der Waals surface area contributed by atoms with E-state index in [1.165, 1.54) is 0 Å². The summed E-state index contributed by atoms with van der Waals surface area (Å²) in [5.41, 5.74) is 6.12. The Labute approximate surface area is 177 Å². The summed E-state index contributed by atoms with van der Waals surface area (Å²) in [6.07, 6.45) is 2.23. The molecule has 0 spiro atoms. The monoisotopic (exact) mass is 416 g/mol. The van der Waals surface area contributed by atoms with Crippen LogP contribution < -0.4 is 21.1 Å². The number of rotatable bonds is 9. The van der Waals surface area contributed by atoms with Gasteiger partial charge in [0.1, 0.15) is 5.75 Å². The van der Waals surface area contributed by atoms with Gasteiger partial charge >= 0.3 is 0 Å². The SMILES string of the molecule is CCNC(=NCc1cccc(OCC(N)=O)c1)N1CCN(CC(=O)NC2CC2)CC1. The van der Waals surface area contributed by atoms with Crippen molar-refractivity contribution in [3.63, 3.8) is 0 Å². The fourth-order valence-corrected chi connectivity index (χ4v) is 3.30. The summed E-state index contributed by atoms with van der Waals surface area (Å²) in [5.74, 6) is 1.09. The van der Waals surface area contributed by atoms with Crippen molar-refractivity contribution in [3.05, 3.63) is 29.8 Å². The van der Waals surface area contributed by atoms with Gasteiger partial charge in [-0.15, -0.1) is 0 Å². The number of guanidine groups is 1. The van der Waals surface area contributed by atoms with Crippen molar-refractivity contribution < 1.29 is 14.3 Å². The molecule has 9 heteroatoms. The number of hydrogen-bond acceptors (Lipinski definition) is 5. The quantitative estimate of drug-likeness (QED) is 0.383. The van der Waals surface area contributed by atoms with Crippen LogP contribution in [0.2, 0.25) is 0 Å². The van der Waals surface area contributed by atoms with E-state index in [-0.39, 0.29) is 12.5 Å². The highest BCUT2D eigenvalue weighted by Crippen LogP contribution is 2.18. The van der Waals surface area contributed by atoms with Crippen molar-refractivity contribution >= 4 is 17.8 Å². The molecule has 4 N–H and O–H groups in total. The lowest BCUT2D eigenvalue weighted by atomic mass is 10.2.